The van der Waals surface area contributed by atoms with Gasteiger partial charge >= 0.3 is 0 Å². The van der Waals surface area contributed by atoms with E-state index in [1.165, 1.54) is 43.7 Å². The van der Waals surface area contributed by atoms with Gasteiger partial charge in [-0.15, -0.1) is 0 Å². The van der Waals surface area contributed by atoms with Crippen LogP contribution in [0, 0.1) is 5.82 Å². The molecule has 2 aromatic rings. The average Bonchev–Trinajstić information content (AvgIpc) is 2.49. The van der Waals surface area contributed by atoms with Gasteiger partial charge in [-0.1, -0.05) is 12.1 Å². The van der Waals surface area contributed by atoms with Crippen LogP contribution in [0.1, 0.15) is 17.2 Å². The lowest BCUT2D eigenvalue weighted by Gasteiger charge is -2.08. The van der Waals surface area contributed by atoms with Crippen molar-refractivity contribution in [3.05, 3.63) is 59.4 Å². The maximum atomic E-state index is 12.8. The topological polar surface area (TPSA) is 62.0 Å². The second-order valence-corrected chi connectivity index (χ2v) is 4.49. The Morgan fingerprint density at radius 3 is 2.62 bits per heavy atom. The van der Waals surface area contributed by atoms with Gasteiger partial charge in [0.15, 0.2) is 0 Å². The van der Waals surface area contributed by atoms with Crippen molar-refractivity contribution in [3.8, 4) is 11.5 Å². The summed E-state index contributed by atoms with van der Waals surface area (Å²) in [7, 11) is 1.53. The molecule has 1 atom stereocenters. The number of hydrogen-bond acceptors (Lipinski definition) is 4. The Bertz CT molecular complexity index is 626. The van der Waals surface area contributed by atoms with E-state index >= 15 is 0 Å². The van der Waals surface area contributed by atoms with Crippen LogP contribution in [-0.2, 0) is 0 Å². The summed E-state index contributed by atoms with van der Waals surface area (Å²) >= 11 is 0. The van der Waals surface area contributed by atoms with Crippen LogP contribution in [0.15, 0.2) is 47.5 Å². The molecule has 0 aliphatic heterocycles. The molecule has 0 aromatic heterocycles. The van der Waals surface area contributed by atoms with E-state index in [9.17, 15) is 14.6 Å². The molecule has 5 heteroatoms. The third-order valence-electron chi connectivity index (χ3n) is 3.00. The largest absolute Gasteiger partial charge is 0.507 e. The number of aliphatic imine (C=N–C) groups is 1. The van der Waals surface area contributed by atoms with Crippen LogP contribution in [0.2, 0.25) is 0 Å². The molecule has 0 spiro atoms. The van der Waals surface area contributed by atoms with E-state index in [4.69, 9.17) is 4.74 Å². The van der Waals surface area contributed by atoms with Gasteiger partial charge in [0.25, 0.3) is 0 Å². The van der Waals surface area contributed by atoms with E-state index in [0.717, 1.165) is 0 Å². The molecule has 1 unspecified atom stereocenters. The minimum atomic E-state index is -0.824. The minimum Gasteiger partial charge on any atom is -0.507 e. The minimum absolute atomic E-state index is 0.0795. The molecule has 2 aromatic carbocycles. The van der Waals surface area contributed by atoms with Crippen LogP contribution in [0.3, 0.4) is 0 Å². The van der Waals surface area contributed by atoms with Gasteiger partial charge in [-0.05, 0) is 35.9 Å². The number of hydrogen-bond donors (Lipinski definition) is 2. The molecule has 110 valence electrons. The second kappa shape index (κ2) is 6.85. The fourth-order valence-electron chi connectivity index (χ4n) is 1.80. The standard InChI is InChI=1S/C16H16FNO3/c1-21-14-6-7-15(19)12(8-14)9-18-10-16(20)11-2-4-13(17)5-3-11/h2-9,16,19-20H,10H2,1H3. The van der Waals surface area contributed by atoms with Crippen molar-refractivity contribution < 1.29 is 19.3 Å². The van der Waals surface area contributed by atoms with Crippen molar-refractivity contribution in [3.63, 3.8) is 0 Å². The number of aliphatic hydroxyl groups is 1. The highest BCUT2D eigenvalue weighted by Crippen LogP contribution is 2.21. The number of benzene rings is 2. The lowest BCUT2D eigenvalue weighted by molar-refractivity contribution is 0.187. The number of rotatable bonds is 5. The highest BCUT2D eigenvalue weighted by atomic mass is 19.1. The first-order valence-corrected chi connectivity index (χ1v) is 6.40. The number of phenols is 1. The van der Waals surface area contributed by atoms with Crippen molar-refractivity contribution in [1.29, 1.82) is 0 Å². The molecule has 0 amide bonds. The quantitative estimate of drug-likeness (QED) is 0.832. The molecule has 0 saturated heterocycles. The molecule has 0 aliphatic rings. The first kappa shape index (κ1) is 15.0. The van der Waals surface area contributed by atoms with E-state index in [2.05, 4.69) is 4.99 Å². The van der Waals surface area contributed by atoms with Gasteiger partial charge in [0.1, 0.15) is 17.3 Å². The summed E-state index contributed by atoms with van der Waals surface area (Å²) < 4.78 is 17.8. The molecule has 0 aliphatic carbocycles. The van der Waals surface area contributed by atoms with Gasteiger partial charge in [0, 0.05) is 11.8 Å². The van der Waals surface area contributed by atoms with Crippen molar-refractivity contribution >= 4 is 6.21 Å². The van der Waals surface area contributed by atoms with E-state index in [-0.39, 0.29) is 18.1 Å². The number of aliphatic hydroxyl groups excluding tert-OH is 1. The first-order chi connectivity index (χ1) is 10.1. The number of methoxy groups -OCH3 is 1. The number of nitrogens with zero attached hydrogens (tertiary/aromatic N) is 1. The summed E-state index contributed by atoms with van der Waals surface area (Å²) in [5.41, 5.74) is 1.09. The molecule has 2 rings (SSSR count). The molecule has 21 heavy (non-hydrogen) atoms. The van der Waals surface area contributed by atoms with E-state index in [1.807, 2.05) is 0 Å². The average molecular weight is 289 g/mol. The summed E-state index contributed by atoms with van der Waals surface area (Å²) in [5, 5.41) is 19.6. The zero-order chi connectivity index (χ0) is 15.2. The van der Waals surface area contributed by atoms with Gasteiger partial charge < -0.3 is 14.9 Å². The van der Waals surface area contributed by atoms with Crippen LogP contribution in [0.5, 0.6) is 11.5 Å². The third kappa shape index (κ3) is 4.03. The highest BCUT2D eigenvalue weighted by molar-refractivity contribution is 5.84. The van der Waals surface area contributed by atoms with Crippen molar-refractivity contribution in [2.75, 3.05) is 13.7 Å². The number of phenolic OH excluding ortho intramolecular Hbond substituents is 1. The fraction of sp³-hybridized carbons (Fsp3) is 0.188. The Morgan fingerprint density at radius 2 is 1.95 bits per heavy atom. The molecule has 2 N–H and O–H groups in total. The second-order valence-electron chi connectivity index (χ2n) is 4.49. The van der Waals surface area contributed by atoms with Gasteiger partial charge in [-0.3, -0.25) is 4.99 Å². The summed E-state index contributed by atoms with van der Waals surface area (Å²) in [4.78, 5) is 4.09. The molecular weight excluding hydrogens is 273 g/mol. The van der Waals surface area contributed by atoms with Gasteiger partial charge in [0.2, 0.25) is 0 Å². The molecule has 0 heterocycles. The number of halogens is 1. The summed E-state index contributed by atoms with van der Waals surface area (Å²) in [6.07, 6.45) is 0.638. The smallest absolute Gasteiger partial charge is 0.124 e. The SMILES string of the molecule is COc1ccc(O)c(C=NCC(O)c2ccc(F)cc2)c1. The molecule has 0 radical (unpaired) electrons. The number of aromatic hydroxyl groups is 1. The van der Waals surface area contributed by atoms with E-state index in [1.54, 1.807) is 12.1 Å². The maximum absolute atomic E-state index is 12.8. The molecule has 0 bridgehead atoms. The summed E-state index contributed by atoms with van der Waals surface area (Å²) in [6, 6.07) is 10.4. The van der Waals surface area contributed by atoms with Gasteiger partial charge in [0.05, 0.1) is 19.8 Å². The Hall–Kier alpha value is -2.40. The van der Waals surface area contributed by atoms with Crippen molar-refractivity contribution in [2.24, 2.45) is 4.99 Å². The molecular formula is C16H16FNO3. The Morgan fingerprint density at radius 1 is 1.24 bits per heavy atom. The zero-order valence-corrected chi connectivity index (χ0v) is 11.5. The van der Waals surface area contributed by atoms with Crippen LogP contribution in [0.25, 0.3) is 0 Å². The summed E-state index contributed by atoms with van der Waals surface area (Å²) in [6.45, 7) is 0.113. The van der Waals surface area contributed by atoms with Crippen LogP contribution in [-0.4, -0.2) is 30.1 Å². The van der Waals surface area contributed by atoms with Gasteiger partial charge in [-0.2, -0.15) is 0 Å². The zero-order valence-electron chi connectivity index (χ0n) is 11.5. The Kier molecular flexibility index (Phi) is 4.90. The molecule has 4 nitrogen and oxygen atoms in total. The third-order valence-corrected chi connectivity index (χ3v) is 3.00. The van der Waals surface area contributed by atoms with Crippen molar-refractivity contribution in [2.45, 2.75) is 6.10 Å². The fourth-order valence-corrected chi connectivity index (χ4v) is 1.80. The van der Waals surface area contributed by atoms with E-state index in [0.29, 0.717) is 16.9 Å². The lowest BCUT2D eigenvalue weighted by atomic mass is 10.1. The Labute approximate surface area is 122 Å². The highest BCUT2D eigenvalue weighted by Gasteiger charge is 2.06. The summed E-state index contributed by atoms with van der Waals surface area (Å²) in [5.74, 6) is 0.333. The monoisotopic (exact) mass is 289 g/mol. The molecule has 0 saturated carbocycles. The number of ether oxygens (including phenoxy) is 1. The predicted molar refractivity (Wildman–Crippen MR) is 78.5 cm³/mol. The maximum Gasteiger partial charge on any atom is 0.124 e. The van der Waals surface area contributed by atoms with Gasteiger partial charge in [-0.25, -0.2) is 4.39 Å². The predicted octanol–water partition coefficient (Wildman–Crippen LogP) is 2.69. The Balaban J connectivity index is 2.03. The lowest BCUT2D eigenvalue weighted by Crippen LogP contribution is -2.02. The first-order valence-electron chi connectivity index (χ1n) is 6.40. The van der Waals surface area contributed by atoms with Crippen LogP contribution < -0.4 is 4.74 Å². The van der Waals surface area contributed by atoms with Crippen molar-refractivity contribution in [1.82, 2.24) is 0 Å². The van der Waals surface area contributed by atoms with Crippen LogP contribution in [0.4, 0.5) is 4.39 Å². The van der Waals surface area contributed by atoms with E-state index < -0.39 is 6.10 Å². The normalized spacial score (nSPS) is 12.5. The molecule has 0 fully saturated rings. The van der Waals surface area contributed by atoms with Crippen LogP contribution >= 0.6 is 0 Å².